The number of aliphatic imine (C=N–C) groups is 1. The number of nitrogens with zero attached hydrogens (tertiary/aromatic N) is 3. The molecule has 1 saturated carbocycles. The minimum Gasteiger partial charge on any atom is -0.484 e. The predicted octanol–water partition coefficient (Wildman–Crippen LogP) is 2.86. The van der Waals surface area contributed by atoms with E-state index >= 15 is 0 Å². The molecule has 1 saturated heterocycles. The molecule has 0 atom stereocenters. The van der Waals surface area contributed by atoms with E-state index in [1.807, 2.05) is 25.2 Å². The topological polar surface area (TPSA) is 69.2 Å². The lowest BCUT2D eigenvalue weighted by atomic mass is 10.2. The number of guanidine groups is 1. The fourth-order valence-electron chi connectivity index (χ4n) is 3.86. The quantitative estimate of drug-likeness (QED) is 0.294. The van der Waals surface area contributed by atoms with Crippen LogP contribution < -0.4 is 15.4 Å². The maximum absolute atomic E-state index is 11.8. The number of hydrogen-bond donors (Lipinski definition) is 2. The van der Waals surface area contributed by atoms with Crippen LogP contribution in [0.5, 0.6) is 5.75 Å². The number of carbonyl (C=O) groups excluding carboxylic acids is 1. The number of benzene rings is 2. The van der Waals surface area contributed by atoms with E-state index in [0.717, 1.165) is 57.1 Å². The number of ether oxygens (including phenoxy) is 1. The Morgan fingerprint density at radius 3 is 2.45 bits per heavy atom. The van der Waals surface area contributed by atoms with Gasteiger partial charge in [-0.05, 0) is 36.1 Å². The summed E-state index contributed by atoms with van der Waals surface area (Å²) in [5.41, 5.74) is 2.45. The summed E-state index contributed by atoms with van der Waals surface area (Å²) in [6.45, 7) is 5.64. The molecule has 0 radical (unpaired) electrons. The Morgan fingerprint density at radius 2 is 1.76 bits per heavy atom. The molecule has 2 aromatic rings. The van der Waals surface area contributed by atoms with Crippen LogP contribution in [0.25, 0.3) is 0 Å². The summed E-state index contributed by atoms with van der Waals surface area (Å²) in [7, 11) is 1.83. The highest BCUT2D eigenvalue weighted by Crippen LogP contribution is 2.18. The molecule has 2 N–H and O–H groups in total. The van der Waals surface area contributed by atoms with E-state index in [2.05, 4.69) is 61.8 Å². The second-order valence-corrected chi connectivity index (χ2v) is 8.43. The zero-order valence-corrected chi connectivity index (χ0v) is 21.5. The first-order valence-electron chi connectivity index (χ1n) is 11.4. The van der Waals surface area contributed by atoms with E-state index in [1.165, 1.54) is 5.56 Å². The third kappa shape index (κ3) is 8.19. The molecule has 33 heavy (non-hydrogen) atoms. The second kappa shape index (κ2) is 12.8. The summed E-state index contributed by atoms with van der Waals surface area (Å²) in [6, 6.07) is 18.8. The van der Waals surface area contributed by atoms with Gasteiger partial charge < -0.3 is 20.3 Å². The van der Waals surface area contributed by atoms with Crippen molar-refractivity contribution in [2.24, 2.45) is 4.99 Å². The molecule has 0 aromatic heterocycles. The zero-order chi connectivity index (χ0) is 22.2. The normalized spacial score (nSPS) is 16.6. The molecule has 178 valence electrons. The number of rotatable bonds is 8. The summed E-state index contributed by atoms with van der Waals surface area (Å²) in [5, 5.41) is 6.41. The third-order valence-corrected chi connectivity index (χ3v) is 5.79. The van der Waals surface area contributed by atoms with Crippen LogP contribution in [0.2, 0.25) is 0 Å². The van der Waals surface area contributed by atoms with Crippen LogP contribution in [0.1, 0.15) is 24.0 Å². The maximum Gasteiger partial charge on any atom is 0.258 e. The van der Waals surface area contributed by atoms with Crippen molar-refractivity contribution in [3.05, 3.63) is 65.7 Å². The molecule has 0 bridgehead atoms. The Balaban J connectivity index is 0.00000306. The highest BCUT2D eigenvalue weighted by molar-refractivity contribution is 14.0. The van der Waals surface area contributed by atoms with Gasteiger partial charge in [0.1, 0.15) is 5.75 Å². The van der Waals surface area contributed by atoms with Crippen molar-refractivity contribution in [3.63, 3.8) is 0 Å². The van der Waals surface area contributed by atoms with Crippen LogP contribution in [-0.4, -0.2) is 67.5 Å². The van der Waals surface area contributed by atoms with E-state index < -0.39 is 0 Å². The first kappa shape index (κ1) is 25.3. The van der Waals surface area contributed by atoms with Gasteiger partial charge in [0.25, 0.3) is 5.91 Å². The van der Waals surface area contributed by atoms with Gasteiger partial charge in [-0.25, -0.2) is 0 Å². The Hall–Kier alpha value is -2.33. The molecule has 1 heterocycles. The van der Waals surface area contributed by atoms with Crippen molar-refractivity contribution in [2.75, 3.05) is 39.8 Å². The molecule has 0 unspecified atom stereocenters. The predicted molar refractivity (Wildman–Crippen MR) is 142 cm³/mol. The lowest BCUT2D eigenvalue weighted by Crippen LogP contribution is -2.52. The Kier molecular flexibility index (Phi) is 9.80. The lowest BCUT2D eigenvalue weighted by molar-refractivity contribution is -0.123. The van der Waals surface area contributed by atoms with Crippen LogP contribution in [0.4, 0.5) is 0 Å². The summed E-state index contributed by atoms with van der Waals surface area (Å²) >= 11 is 0. The van der Waals surface area contributed by atoms with Crippen molar-refractivity contribution in [2.45, 2.75) is 32.0 Å². The number of carbonyl (C=O) groups is 1. The zero-order valence-electron chi connectivity index (χ0n) is 19.2. The van der Waals surface area contributed by atoms with Crippen LogP contribution in [0, 0.1) is 0 Å². The molecule has 0 spiro atoms. The molecule has 2 aromatic carbocycles. The van der Waals surface area contributed by atoms with Crippen molar-refractivity contribution >= 4 is 35.8 Å². The van der Waals surface area contributed by atoms with Gasteiger partial charge in [-0.1, -0.05) is 42.5 Å². The Bertz CT molecular complexity index is 912. The lowest BCUT2D eigenvalue weighted by Gasteiger charge is -2.36. The highest BCUT2D eigenvalue weighted by atomic mass is 127. The van der Waals surface area contributed by atoms with Gasteiger partial charge in [-0.2, -0.15) is 0 Å². The average Bonchev–Trinajstić information content (AvgIpc) is 3.64. The van der Waals surface area contributed by atoms with Crippen molar-refractivity contribution < 1.29 is 9.53 Å². The molecular formula is C25H34IN5O2. The second-order valence-electron chi connectivity index (χ2n) is 8.43. The van der Waals surface area contributed by atoms with Crippen molar-refractivity contribution in [1.82, 2.24) is 20.4 Å². The SMILES string of the molecule is CN=C(NCc1cccc(OCC(=O)NC2CC2)c1)N1CCN(Cc2ccccc2)CC1.I. The Morgan fingerprint density at radius 1 is 1.03 bits per heavy atom. The standard InChI is InChI=1S/C25H33N5O2.HI/c1-26-25(30-14-12-29(13-15-30)18-20-6-3-2-4-7-20)27-17-21-8-5-9-23(16-21)32-19-24(31)28-22-10-11-22;/h2-9,16,22H,10-15,17-19H2,1H3,(H,26,27)(H,28,31);1H. The van der Waals surface area contributed by atoms with Gasteiger partial charge in [0.2, 0.25) is 0 Å². The van der Waals surface area contributed by atoms with Crippen LogP contribution in [0.15, 0.2) is 59.6 Å². The van der Waals surface area contributed by atoms with Crippen molar-refractivity contribution in [3.8, 4) is 5.75 Å². The average molecular weight is 563 g/mol. The molecule has 1 aliphatic heterocycles. The van der Waals surface area contributed by atoms with Gasteiger partial charge in [-0.3, -0.25) is 14.7 Å². The van der Waals surface area contributed by atoms with E-state index in [4.69, 9.17) is 4.74 Å². The van der Waals surface area contributed by atoms with E-state index in [9.17, 15) is 4.79 Å². The fourth-order valence-corrected chi connectivity index (χ4v) is 3.86. The minimum atomic E-state index is -0.0529. The number of amides is 1. The van der Waals surface area contributed by atoms with E-state index in [1.54, 1.807) is 0 Å². The summed E-state index contributed by atoms with van der Waals surface area (Å²) in [5.74, 6) is 1.57. The fraction of sp³-hybridized carbons (Fsp3) is 0.440. The summed E-state index contributed by atoms with van der Waals surface area (Å²) < 4.78 is 5.66. The first-order chi connectivity index (χ1) is 15.7. The van der Waals surface area contributed by atoms with Gasteiger partial charge in [0.05, 0.1) is 0 Å². The monoisotopic (exact) mass is 563 g/mol. The van der Waals surface area contributed by atoms with Gasteiger partial charge >= 0.3 is 0 Å². The molecule has 2 aliphatic rings. The highest BCUT2D eigenvalue weighted by Gasteiger charge is 2.23. The van der Waals surface area contributed by atoms with Crippen molar-refractivity contribution in [1.29, 1.82) is 0 Å². The molecule has 4 rings (SSSR count). The molecule has 7 nitrogen and oxygen atoms in total. The molecule has 1 aliphatic carbocycles. The molecular weight excluding hydrogens is 529 g/mol. The molecule has 2 fully saturated rings. The number of halogens is 1. The number of piperazine rings is 1. The van der Waals surface area contributed by atoms with Crippen LogP contribution in [-0.2, 0) is 17.9 Å². The number of nitrogens with one attached hydrogen (secondary N) is 2. The minimum absolute atomic E-state index is 0. The Labute approximate surface area is 213 Å². The maximum atomic E-state index is 11.8. The van der Waals surface area contributed by atoms with Gasteiger partial charge in [0, 0.05) is 52.4 Å². The van der Waals surface area contributed by atoms with Gasteiger partial charge in [0.15, 0.2) is 12.6 Å². The third-order valence-electron chi connectivity index (χ3n) is 5.79. The van der Waals surface area contributed by atoms with Gasteiger partial charge in [-0.15, -0.1) is 24.0 Å². The summed E-state index contributed by atoms with van der Waals surface area (Å²) in [4.78, 5) is 21.1. The first-order valence-corrected chi connectivity index (χ1v) is 11.4. The van der Waals surface area contributed by atoms with E-state index in [-0.39, 0.29) is 36.5 Å². The largest absolute Gasteiger partial charge is 0.484 e. The molecule has 1 amide bonds. The smallest absolute Gasteiger partial charge is 0.258 e. The number of hydrogen-bond acceptors (Lipinski definition) is 4. The van der Waals surface area contributed by atoms with Crippen LogP contribution >= 0.6 is 24.0 Å². The van der Waals surface area contributed by atoms with E-state index in [0.29, 0.717) is 18.3 Å². The molecule has 8 heteroatoms. The summed E-state index contributed by atoms with van der Waals surface area (Å²) in [6.07, 6.45) is 2.16. The van der Waals surface area contributed by atoms with Crippen LogP contribution in [0.3, 0.4) is 0 Å².